The first-order chi connectivity index (χ1) is 16.0. The Bertz CT molecular complexity index is 1020. The number of aryl methyl sites for hydroxylation is 1. The molecule has 2 aromatic rings. The molecule has 6 heteroatoms. The van der Waals surface area contributed by atoms with Crippen LogP contribution in [0.15, 0.2) is 30.3 Å². The van der Waals surface area contributed by atoms with Gasteiger partial charge < -0.3 is 15.2 Å². The van der Waals surface area contributed by atoms with Crippen LogP contribution in [0.25, 0.3) is 0 Å². The minimum absolute atomic E-state index is 0.0561. The molecule has 5 rings (SSSR count). The molecule has 3 atom stereocenters. The molecule has 2 N–H and O–H groups in total. The number of carbonyl (C=O) groups excluding carboxylic acids is 1. The summed E-state index contributed by atoms with van der Waals surface area (Å²) in [5, 5.41) is 13.7. The van der Waals surface area contributed by atoms with Crippen LogP contribution in [0.5, 0.6) is 11.5 Å². The summed E-state index contributed by atoms with van der Waals surface area (Å²) in [7, 11) is 1.60. The van der Waals surface area contributed by atoms with Gasteiger partial charge in [-0.2, -0.15) is 0 Å². The van der Waals surface area contributed by atoms with Gasteiger partial charge in [0.15, 0.2) is 0 Å². The van der Waals surface area contributed by atoms with E-state index < -0.39 is 0 Å². The first-order valence-corrected chi connectivity index (χ1v) is 12.4. The van der Waals surface area contributed by atoms with Gasteiger partial charge in [-0.15, -0.1) is 0 Å². The van der Waals surface area contributed by atoms with Crippen molar-refractivity contribution in [2.75, 3.05) is 20.2 Å². The highest BCUT2D eigenvalue weighted by Gasteiger charge is 2.40. The number of pyridine rings is 1. The smallest absolute Gasteiger partial charge is 0.253 e. The average molecular weight is 450 g/mol. The van der Waals surface area contributed by atoms with Gasteiger partial charge in [0.05, 0.1) is 18.4 Å². The van der Waals surface area contributed by atoms with E-state index in [1.54, 1.807) is 13.2 Å². The molecule has 2 aliphatic carbocycles. The monoisotopic (exact) mass is 449 g/mol. The molecule has 1 aliphatic heterocycles. The Labute approximate surface area is 196 Å². The largest absolute Gasteiger partial charge is 0.507 e. The van der Waals surface area contributed by atoms with E-state index in [4.69, 9.17) is 9.72 Å². The molecule has 3 unspecified atom stereocenters. The summed E-state index contributed by atoms with van der Waals surface area (Å²) in [5.74, 6) is 2.75. The summed E-state index contributed by atoms with van der Waals surface area (Å²) in [5.41, 5.74) is 3.60. The van der Waals surface area contributed by atoms with Gasteiger partial charge in [-0.1, -0.05) is 12.5 Å². The highest BCUT2D eigenvalue weighted by atomic mass is 16.5. The molecule has 2 bridgehead atoms. The van der Waals surface area contributed by atoms with E-state index >= 15 is 0 Å². The Kier molecular flexibility index (Phi) is 6.28. The number of fused-ring (bicyclic) bond motifs is 2. The second kappa shape index (κ2) is 9.34. The van der Waals surface area contributed by atoms with E-state index in [0.29, 0.717) is 24.3 Å². The normalized spacial score (nSPS) is 25.3. The number of aromatic hydroxyl groups is 1. The molecule has 1 saturated heterocycles. The molecule has 176 valence electrons. The van der Waals surface area contributed by atoms with Crippen molar-refractivity contribution < 1.29 is 14.6 Å². The highest BCUT2D eigenvalue weighted by Crippen LogP contribution is 2.44. The van der Waals surface area contributed by atoms with Crippen molar-refractivity contribution >= 4 is 5.91 Å². The van der Waals surface area contributed by atoms with Crippen molar-refractivity contribution in [3.8, 4) is 11.5 Å². The zero-order chi connectivity index (χ0) is 22.9. The third-order valence-electron chi connectivity index (χ3n) is 8.02. The number of methoxy groups -OCH3 is 1. The van der Waals surface area contributed by atoms with E-state index in [1.165, 1.54) is 19.3 Å². The number of hydrogen-bond acceptors (Lipinski definition) is 5. The number of piperidine rings is 1. The maximum Gasteiger partial charge on any atom is 0.253 e. The van der Waals surface area contributed by atoms with Gasteiger partial charge in [0.25, 0.3) is 5.91 Å². The lowest BCUT2D eigenvalue weighted by Gasteiger charge is -2.32. The topological polar surface area (TPSA) is 74.7 Å². The van der Waals surface area contributed by atoms with Crippen molar-refractivity contribution in [1.29, 1.82) is 0 Å². The van der Waals surface area contributed by atoms with Gasteiger partial charge in [0, 0.05) is 35.8 Å². The number of rotatable bonds is 6. The van der Waals surface area contributed by atoms with E-state index in [0.717, 1.165) is 60.8 Å². The van der Waals surface area contributed by atoms with Crippen molar-refractivity contribution in [2.24, 2.45) is 11.8 Å². The number of likely N-dealkylation sites (tertiary alicyclic amines) is 1. The van der Waals surface area contributed by atoms with Crippen molar-refractivity contribution in [1.82, 2.24) is 15.2 Å². The number of benzene rings is 1. The van der Waals surface area contributed by atoms with Crippen LogP contribution in [-0.2, 0) is 6.54 Å². The fourth-order valence-corrected chi connectivity index (χ4v) is 6.16. The number of amides is 1. The number of nitrogens with one attached hydrogen (secondary N) is 1. The highest BCUT2D eigenvalue weighted by molar-refractivity contribution is 5.95. The molecule has 2 saturated carbocycles. The van der Waals surface area contributed by atoms with Crippen LogP contribution in [-0.4, -0.2) is 47.1 Å². The summed E-state index contributed by atoms with van der Waals surface area (Å²) in [4.78, 5) is 20.5. The number of nitrogens with zero attached hydrogens (tertiary/aromatic N) is 2. The van der Waals surface area contributed by atoms with Gasteiger partial charge in [-0.25, -0.2) is 0 Å². The lowest BCUT2D eigenvalue weighted by molar-refractivity contribution is 0.0920. The molecule has 6 nitrogen and oxygen atoms in total. The van der Waals surface area contributed by atoms with E-state index in [1.807, 2.05) is 31.2 Å². The fourth-order valence-electron chi connectivity index (χ4n) is 6.16. The lowest BCUT2D eigenvalue weighted by atomic mass is 9.89. The van der Waals surface area contributed by atoms with E-state index in [2.05, 4.69) is 10.2 Å². The third kappa shape index (κ3) is 4.72. The zero-order valence-electron chi connectivity index (χ0n) is 19.7. The van der Waals surface area contributed by atoms with E-state index in [-0.39, 0.29) is 17.6 Å². The lowest BCUT2D eigenvalue weighted by Crippen LogP contribution is -2.39. The van der Waals surface area contributed by atoms with Gasteiger partial charge in [-0.05, 0) is 82.2 Å². The molecule has 1 aromatic carbocycles. The summed E-state index contributed by atoms with van der Waals surface area (Å²) >= 11 is 0. The molecular formula is C27H35N3O3. The van der Waals surface area contributed by atoms with Crippen LogP contribution in [0.2, 0.25) is 0 Å². The molecule has 3 aliphatic rings. The summed E-state index contributed by atoms with van der Waals surface area (Å²) < 4.78 is 5.19. The predicted molar refractivity (Wildman–Crippen MR) is 128 cm³/mol. The number of phenolic OH excluding ortho intramolecular Hbond substituents is 1. The molecule has 33 heavy (non-hydrogen) atoms. The van der Waals surface area contributed by atoms with Gasteiger partial charge in [0.1, 0.15) is 11.5 Å². The number of carbonyl (C=O) groups is 1. The SMILES string of the molecule is COc1ccc(CN2CCC(c3nc(C)ccc3C(=O)NC3CC4CCC3C4)CC2)c(O)c1. The first kappa shape index (κ1) is 22.2. The van der Waals surface area contributed by atoms with E-state index in [9.17, 15) is 9.90 Å². The van der Waals surface area contributed by atoms with Crippen LogP contribution < -0.4 is 10.1 Å². The maximum absolute atomic E-state index is 13.2. The second-order valence-electron chi connectivity index (χ2n) is 10.2. The Morgan fingerprint density at radius 1 is 1.15 bits per heavy atom. The quantitative estimate of drug-likeness (QED) is 0.684. The van der Waals surface area contributed by atoms with Gasteiger partial charge >= 0.3 is 0 Å². The molecule has 1 aromatic heterocycles. The first-order valence-electron chi connectivity index (χ1n) is 12.4. The minimum Gasteiger partial charge on any atom is -0.507 e. The van der Waals surface area contributed by atoms with Crippen molar-refractivity contribution in [2.45, 2.75) is 64.0 Å². The van der Waals surface area contributed by atoms with Crippen molar-refractivity contribution in [3.63, 3.8) is 0 Å². The standard InChI is InChI=1S/C27H35N3O3/c1-17-3-8-23(27(32)29-24-14-18-4-5-20(24)13-18)26(28-17)19-9-11-30(12-10-19)16-21-6-7-22(33-2)15-25(21)31/h3,6-8,15,18-20,24,31H,4-5,9-14,16H2,1-2H3,(H,29,32). The number of aromatic nitrogens is 1. The molecule has 3 fully saturated rings. The Morgan fingerprint density at radius 3 is 2.64 bits per heavy atom. The van der Waals surface area contributed by atoms with Crippen LogP contribution in [0.3, 0.4) is 0 Å². The number of phenols is 1. The Hall–Kier alpha value is -2.60. The van der Waals surface area contributed by atoms with Crippen molar-refractivity contribution in [3.05, 3.63) is 52.8 Å². The predicted octanol–water partition coefficient (Wildman–Crippen LogP) is 4.40. The summed E-state index contributed by atoms with van der Waals surface area (Å²) in [6.07, 6.45) is 6.94. The number of ether oxygens (including phenoxy) is 1. The minimum atomic E-state index is 0.0561. The van der Waals surface area contributed by atoms with Gasteiger partial charge in [0.2, 0.25) is 0 Å². The summed E-state index contributed by atoms with van der Waals surface area (Å²) in [6, 6.07) is 9.76. The van der Waals surface area contributed by atoms with Crippen LogP contribution in [0.1, 0.15) is 71.8 Å². The summed E-state index contributed by atoms with van der Waals surface area (Å²) in [6.45, 7) is 4.54. The molecule has 1 amide bonds. The zero-order valence-corrected chi connectivity index (χ0v) is 19.7. The third-order valence-corrected chi connectivity index (χ3v) is 8.02. The fraction of sp³-hybridized carbons (Fsp3) is 0.556. The van der Waals surface area contributed by atoms with Gasteiger partial charge in [-0.3, -0.25) is 14.7 Å². The Morgan fingerprint density at radius 2 is 1.97 bits per heavy atom. The molecular weight excluding hydrogens is 414 g/mol. The number of hydrogen-bond donors (Lipinski definition) is 2. The Balaban J connectivity index is 1.24. The molecule has 0 radical (unpaired) electrons. The van der Waals surface area contributed by atoms with Crippen LogP contribution in [0.4, 0.5) is 0 Å². The average Bonchev–Trinajstić information content (AvgIpc) is 3.44. The second-order valence-corrected chi connectivity index (χ2v) is 10.2. The molecule has 2 heterocycles. The maximum atomic E-state index is 13.2. The molecule has 0 spiro atoms. The van der Waals surface area contributed by atoms with Crippen LogP contribution in [0, 0.1) is 18.8 Å². The van der Waals surface area contributed by atoms with Crippen LogP contribution >= 0.6 is 0 Å².